The van der Waals surface area contributed by atoms with Crippen molar-refractivity contribution >= 4 is 22.0 Å². The molecule has 0 unspecified atom stereocenters. The summed E-state index contributed by atoms with van der Waals surface area (Å²) >= 11 is 1.20. The van der Waals surface area contributed by atoms with Crippen LogP contribution in [0.25, 0.3) is 0 Å². The highest BCUT2D eigenvalue weighted by atomic mass is 32.3. The molecule has 2 nitrogen and oxygen atoms in total. The smallest absolute Gasteiger partial charge is 0.189 e. The molecule has 0 aliphatic rings. The molecular formula is C7H7FO2S2. The van der Waals surface area contributed by atoms with Gasteiger partial charge in [-0.25, -0.2) is 0 Å². The minimum absolute atomic E-state index is 0.252. The minimum atomic E-state index is -4.57. The monoisotopic (exact) mass is 206 g/mol. The zero-order chi connectivity index (χ0) is 9.19. The molecule has 0 amide bonds. The Balaban J connectivity index is 3.33. The van der Waals surface area contributed by atoms with Gasteiger partial charge in [0.05, 0.1) is 0 Å². The van der Waals surface area contributed by atoms with E-state index in [1.54, 1.807) is 18.4 Å². The van der Waals surface area contributed by atoms with Gasteiger partial charge < -0.3 is 0 Å². The van der Waals surface area contributed by atoms with Crippen LogP contribution in [0.15, 0.2) is 34.1 Å². The lowest BCUT2D eigenvalue weighted by atomic mass is 10.4. The Bertz CT molecular complexity index is 373. The van der Waals surface area contributed by atoms with Crippen LogP contribution in [0, 0.1) is 0 Å². The van der Waals surface area contributed by atoms with Gasteiger partial charge in [0.1, 0.15) is 4.90 Å². The zero-order valence-corrected chi connectivity index (χ0v) is 7.95. The highest BCUT2D eigenvalue weighted by molar-refractivity contribution is 7.99. The lowest BCUT2D eigenvalue weighted by Gasteiger charge is -2.00. The van der Waals surface area contributed by atoms with Gasteiger partial charge in [0.25, 0.3) is 0 Å². The van der Waals surface area contributed by atoms with Gasteiger partial charge in [0.15, 0.2) is 0 Å². The van der Waals surface area contributed by atoms with E-state index in [-0.39, 0.29) is 4.90 Å². The third kappa shape index (κ3) is 1.98. The number of halogens is 1. The molecule has 0 bridgehead atoms. The van der Waals surface area contributed by atoms with E-state index in [0.717, 1.165) is 0 Å². The molecule has 0 aliphatic heterocycles. The Morgan fingerprint density at radius 1 is 1.33 bits per heavy atom. The first-order chi connectivity index (χ1) is 5.55. The normalized spacial score (nSPS) is 11.5. The third-order valence-electron chi connectivity index (χ3n) is 1.33. The molecule has 1 rings (SSSR count). The first kappa shape index (κ1) is 9.54. The Morgan fingerprint density at radius 2 is 1.92 bits per heavy atom. The second kappa shape index (κ2) is 3.45. The van der Waals surface area contributed by atoms with Crippen molar-refractivity contribution in [2.75, 3.05) is 6.26 Å². The molecular weight excluding hydrogens is 199 g/mol. The second-order valence-corrected chi connectivity index (χ2v) is 4.25. The molecule has 0 atom stereocenters. The fraction of sp³-hybridized carbons (Fsp3) is 0.143. The number of hydrogen-bond acceptors (Lipinski definition) is 3. The van der Waals surface area contributed by atoms with E-state index in [1.165, 1.54) is 23.9 Å². The van der Waals surface area contributed by atoms with Crippen LogP contribution in [0.1, 0.15) is 0 Å². The largest absolute Gasteiger partial charge is 0.333 e. The van der Waals surface area contributed by atoms with E-state index in [9.17, 15) is 12.3 Å². The van der Waals surface area contributed by atoms with Gasteiger partial charge in [-0.3, -0.25) is 0 Å². The van der Waals surface area contributed by atoms with E-state index in [1.807, 2.05) is 0 Å². The van der Waals surface area contributed by atoms with Crippen LogP contribution in [0.3, 0.4) is 0 Å². The van der Waals surface area contributed by atoms with Crippen LogP contribution in [0.4, 0.5) is 3.89 Å². The highest BCUT2D eigenvalue weighted by Crippen LogP contribution is 2.25. The first-order valence-electron chi connectivity index (χ1n) is 3.13. The standard InChI is InChI=1S/C7H7FO2S2/c1-11-6-4-2-3-5-7(6)12(8,9)10/h2-5H,1H3. The average molecular weight is 206 g/mol. The maximum absolute atomic E-state index is 12.5. The quantitative estimate of drug-likeness (QED) is 0.548. The van der Waals surface area contributed by atoms with E-state index < -0.39 is 10.2 Å². The van der Waals surface area contributed by atoms with Gasteiger partial charge in [0, 0.05) is 4.90 Å². The van der Waals surface area contributed by atoms with Crippen LogP contribution < -0.4 is 0 Å². The fourth-order valence-corrected chi connectivity index (χ4v) is 2.40. The lowest BCUT2D eigenvalue weighted by molar-refractivity contribution is 0.550. The molecule has 1 aromatic carbocycles. The van der Waals surface area contributed by atoms with Crippen molar-refractivity contribution in [3.63, 3.8) is 0 Å². The SMILES string of the molecule is CSc1ccccc1S(=O)(=O)F. The maximum atomic E-state index is 12.5. The number of hydrogen-bond donors (Lipinski definition) is 0. The summed E-state index contributed by atoms with van der Waals surface area (Å²) in [4.78, 5) is 0.178. The van der Waals surface area contributed by atoms with Crippen molar-refractivity contribution in [1.29, 1.82) is 0 Å². The summed E-state index contributed by atoms with van der Waals surface area (Å²) in [5.74, 6) is 0. The van der Waals surface area contributed by atoms with Crippen molar-refractivity contribution in [3.8, 4) is 0 Å². The molecule has 0 aliphatic carbocycles. The van der Waals surface area contributed by atoms with E-state index in [4.69, 9.17) is 0 Å². The second-order valence-electron chi connectivity index (χ2n) is 2.09. The Hall–Kier alpha value is -0.550. The summed E-state index contributed by atoms with van der Waals surface area (Å²) in [6.45, 7) is 0. The predicted octanol–water partition coefficient (Wildman–Crippen LogP) is 2.07. The molecule has 0 N–H and O–H groups in total. The Labute approximate surface area is 75.0 Å². The molecule has 66 valence electrons. The van der Waals surface area contributed by atoms with E-state index in [2.05, 4.69) is 0 Å². The van der Waals surface area contributed by atoms with Gasteiger partial charge in [-0.05, 0) is 18.4 Å². The molecule has 0 fully saturated rings. The van der Waals surface area contributed by atoms with Crippen molar-refractivity contribution in [2.24, 2.45) is 0 Å². The van der Waals surface area contributed by atoms with Gasteiger partial charge >= 0.3 is 10.2 Å². The molecule has 0 aromatic heterocycles. The topological polar surface area (TPSA) is 34.1 Å². The summed E-state index contributed by atoms with van der Waals surface area (Å²) in [5.41, 5.74) is 0. The molecule has 0 saturated heterocycles. The molecule has 0 radical (unpaired) electrons. The molecule has 0 spiro atoms. The summed E-state index contributed by atoms with van der Waals surface area (Å²) in [6, 6.07) is 5.98. The van der Waals surface area contributed by atoms with Crippen LogP contribution in [0.5, 0.6) is 0 Å². The average Bonchev–Trinajstić information content (AvgIpc) is 2.03. The van der Waals surface area contributed by atoms with E-state index in [0.29, 0.717) is 4.90 Å². The predicted molar refractivity (Wildman–Crippen MR) is 46.5 cm³/mol. The van der Waals surface area contributed by atoms with Gasteiger partial charge in [0.2, 0.25) is 0 Å². The van der Waals surface area contributed by atoms with Gasteiger partial charge in [-0.2, -0.15) is 8.42 Å². The summed E-state index contributed by atoms with van der Waals surface area (Å²) in [7, 11) is -4.57. The molecule has 5 heteroatoms. The summed E-state index contributed by atoms with van der Waals surface area (Å²) < 4.78 is 33.6. The molecule has 12 heavy (non-hydrogen) atoms. The zero-order valence-electron chi connectivity index (χ0n) is 6.32. The van der Waals surface area contributed by atoms with Crippen LogP contribution >= 0.6 is 11.8 Å². The number of rotatable bonds is 2. The molecule has 1 aromatic rings. The lowest BCUT2D eigenvalue weighted by Crippen LogP contribution is -1.93. The van der Waals surface area contributed by atoms with E-state index >= 15 is 0 Å². The number of benzene rings is 1. The van der Waals surface area contributed by atoms with Gasteiger partial charge in [-0.1, -0.05) is 12.1 Å². The maximum Gasteiger partial charge on any atom is 0.333 e. The minimum Gasteiger partial charge on any atom is -0.189 e. The molecule has 0 heterocycles. The van der Waals surface area contributed by atoms with Crippen LogP contribution in [-0.4, -0.2) is 14.7 Å². The summed E-state index contributed by atoms with van der Waals surface area (Å²) in [5, 5.41) is 0. The summed E-state index contributed by atoms with van der Waals surface area (Å²) in [6.07, 6.45) is 1.70. The fourth-order valence-electron chi connectivity index (χ4n) is 0.820. The highest BCUT2D eigenvalue weighted by Gasteiger charge is 2.15. The molecule has 0 saturated carbocycles. The number of thioether (sulfide) groups is 1. The van der Waals surface area contributed by atoms with Crippen molar-refractivity contribution < 1.29 is 12.3 Å². The Morgan fingerprint density at radius 3 is 2.33 bits per heavy atom. The first-order valence-corrected chi connectivity index (χ1v) is 5.74. The van der Waals surface area contributed by atoms with Crippen LogP contribution in [0.2, 0.25) is 0 Å². The Kier molecular flexibility index (Phi) is 2.74. The van der Waals surface area contributed by atoms with Crippen molar-refractivity contribution in [3.05, 3.63) is 24.3 Å². The van der Waals surface area contributed by atoms with Crippen LogP contribution in [-0.2, 0) is 10.2 Å². The van der Waals surface area contributed by atoms with Gasteiger partial charge in [-0.15, -0.1) is 15.6 Å². The third-order valence-corrected chi connectivity index (χ3v) is 3.14. The van der Waals surface area contributed by atoms with Crippen molar-refractivity contribution in [2.45, 2.75) is 9.79 Å². The van der Waals surface area contributed by atoms with Crippen molar-refractivity contribution in [1.82, 2.24) is 0 Å².